The first-order chi connectivity index (χ1) is 6.29. The molecule has 1 amide bonds. The van der Waals surface area contributed by atoms with Crippen LogP contribution < -0.4 is 11.3 Å². The van der Waals surface area contributed by atoms with Crippen LogP contribution in [0.15, 0.2) is 30.3 Å². The lowest BCUT2D eigenvalue weighted by molar-refractivity contribution is -0.122. The maximum atomic E-state index is 11.3. The zero-order valence-corrected chi connectivity index (χ0v) is 8.00. The summed E-state index contributed by atoms with van der Waals surface area (Å²) in [6, 6.07) is 9.44. The number of hydrogen-bond acceptors (Lipinski definition) is 3. The van der Waals surface area contributed by atoms with Crippen molar-refractivity contribution < 1.29 is 4.79 Å². The molecule has 1 unspecified atom stereocenters. The largest absolute Gasteiger partial charge is 0.294 e. The normalized spacial score (nSPS) is 12.2. The lowest BCUT2D eigenvalue weighted by atomic mass is 10.0. The Bertz CT molecular complexity index is 276. The van der Waals surface area contributed by atoms with Crippen molar-refractivity contribution in [3.63, 3.8) is 0 Å². The smallest absolute Gasteiger partial charge is 0.242 e. The van der Waals surface area contributed by atoms with Gasteiger partial charge < -0.3 is 0 Å². The number of rotatable bonds is 3. The van der Waals surface area contributed by atoms with Crippen LogP contribution in [0.3, 0.4) is 0 Å². The summed E-state index contributed by atoms with van der Waals surface area (Å²) in [7, 11) is 0. The molecule has 3 nitrogen and oxygen atoms in total. The van der Waals surface area contributed by atoms with Gasteiger partial charge in [0.05, 0.1) is 5.92 Å². The molecular formula is C9H12N2OS. The van der Waals surface area contributed by atoms with Crippen molar-refractivity contribution in [3.05, 3.63) is 35.9 Å². The quantitative estimate of drug-likeness (QED) is 0.288. The zero-order chi connectivity index (χ0) is 9.68. The predicted molar refractivity (Wildman–Crippen MR) is 55.4 cm³/mol. The molecule has 0 aromatic heterocycles. The van der Waals surface area contributed by atoms with Crippen molar-refractivity contribution in [2.75, 3.05) is 5.75 Å². The van der Waals surface area contributed by atoms with Crippen LogP contribution in [-0.4, -0.2) is 11.7 Å². The number of hydrazine groups is 1. The zero-order valence-electron chi connectivity index (χ0n) is 7.10. The summed E-state index contributed by atoms with van der Waals surface area (Å²) in [4.78, 5) is 11.3. The highest BCUT2D eigenvalue weighted by molar-refractivity contribution is 7.80. The minimum absolute atomic E-state index is 0.207. The minimum Gasteiger partial charge on any atom is -0.294 e. The van der Waals surface area contributed by atoms with Crippen LogP contribution in [0.2, 0.25) is 0 Å². The van der Waals surface area contributed by atoms with Gasteiger partial charge in [0, 0.05) is 5.75 Å². The van der Waals surface area contributed by atoms with Crippen LogP contribution in [0, 0.1) is 0 Å². The summed E-state index contributed by atoms with van der Waals surface area (Å²) in [6.45, 7) is 0. The van der Waals surface area contributed by atoms with Gasteiger partial charge in [0.15, 0.2) is 0 Å². The highest BCUT2D eigenvalue weighted by Gasteiger charge is 2.16. The second kappa shape index (κ2) is 4.89. The molecule has 0 aliphatic heterocycles. The fourth-order valence-electron chi connectivity index (χ4n) is 1.13. The molecule has 1 rings (SSSR count). The molecule has 0 spiro atoms. The van der Waals surface area contributed by atoms with Crippen molar-refractivity contribution in [2.45, 2.75) is 5.92 Å². The van der Waals surface area contributed by atoms with E-state index in [1.807, 2.05) is 30.3 Å². The maximum absolute atomic E-state index is 11.3. The monoisotopic (exact) mass is 196 g/mol. The van der Waals surface area contributed by atoms with Gasteiger partial charge in [-0.1, -0.05) is 30.3 Å². The molecule has 1 atom stereocenters. The molecule has 1 aromatic carbocycles. The van der Waals surface area contributed by atoms with Crippen LogP contribution in [-0.2, 0) is 4.79 Å². The molecular weight excluding hydrogens is 184 g/mol. The molecule has 70 valence electrons. The first-order valence-electron chi connectivity index (χ1n) is 3.96. The lowest BCUT2D eigenvalue weighted by Crippen LogP contribution is -2.35. The molecule has 0 saturated heterocycles. The number of hydrogen-bond donors (Lipinski definition) is 3. The Kier molecular flexibility index (Phi) is 3.79. The van der Waals surface area contributed by atoms with Gasteiger partial charge in [-0.15, -0.1) is 0 Å². The van der Waals surface area contributed by atoms with Gasteiger partial charge in [0.25, 0.3) is 0 Å². The Hall–Kier alpha value is -1.00. The highest BCUT2D eigenvalue weighted by atomic mass is 32.1. The van der Waals surface area contributed by atoms with Gasteiger partial charge in [-0.2, -0.15) is 12.6 Å². The van der Waals surface area contributed by atoms with Gasteiger partial charge in [0.2, 0.25) is 5.91 Å². The van der Waals surface area contributed by atoms with Gasteiger partial charge in [0.1, 0.15) is 0 Å². The summed E-state index contributed by atoms with van der Waals surface area (Å²) in [5.41, 5.74) is 3.06. The van der Waals surface area contributed by atoms with Crippen molar-refractivity contribution in [1.29, 1.82) is 0 Å². The van der Waals surface area contributed by atoms with Gasteiger partial charge in [-0.25, -0.2) is 5.84 Å². The Morgan fingerprint density at radius 2 is 2.08 bits per heavy atom. The van der Waals surface area contributed by atoms with E-state index in [2.05, 4.69) is 18.1 Å². The second-order valence-electron chi connectivity index (χ2n) is 2.65. The third-order valence-corrected chi connectivity index (χ3v) is 2.21. The molecule has 0 heterocycles. The highest BCUT2D eigenvalue weighted by Crippen LogP contribution is 2.16. The number of nitrogens with two attached hydrogens (primary N) is 1. The number of thiol groups is 1. The minimum atomic E-state index is -0.269. The van der Waals surface area contributed by atoms with Crippen LogP contribution >= 0.6 is 12.6 Å². The van der Waals surface area contributed by atoms with Crippen LogP contribution in [0.4, 0.5) is 0 Å². The Morgan fingerprint density at radius 3 is 2.54 bits per heavy atom. The molecule has 13 heavy (non-hydrogen) atoms. The molecule has 0 radical (unpaired) electrons. The van der Waals surface area contributed by atoms with Crippen LogP contribution in [0.5, 0.6) is 0 Å². The summed E-state index contributed by atoms with van der Waals surface area (Å²) in [5, 5.41) is 0. The third-order valence-electron chi connectivity index (χ3n) is 1.84. The average Bonchev–Trinajstić information content (AvgIpc) is 2.20. The van der Waals surface area contributed by atoms with E-state index < -0.39 is 0 Å². The van der Waals surface area contributed by atoms with Crippen molar-refractivity contribution in [1.82, 2.24) is 5.43 Å². The van der Waals surface area contributed by atoms with Gasteiger partial charge >= 0.3 is 0 Å². The van der Waals surface area contributed by atoms with E-state index in [4.69, 9.17) is 5.84 Å². The molecule has 1 aromatic rings. The molecule has 0 fully saturated rings. The average molecular weight is 196 g/mol. The standard InChI is InChI=1S/C9H12N2OS/c10-11-9(12)8(6-13)7-4-2-1-3-5-7/h1-5,8,13H,6,10H2,(H,11,12). The summed E-state index contributed by atoms with van der Waals surface area (Å²) >= 11 is 4.10. The first-order valence-corrected chi connectivity index (χ1v) is 4.59. The number of amides is 1. The van der Waals surface area contributed by atoms with Crippen molar-refractivity contribution >= 4 is 18.5 Å². The Balaban J connectivity index is 2.85. The number of benzene rings is 1. The van der Waals surface area contributed by atoms with E-state index in [0.717, 1.165) is 5.56 Å². The van der Waals surface area contributed by atoms with E-state index in [9.17, 15) is 4.79 Å². The van der Waals surface area contributed by atoms with Crippen LogP contribution in [0.25, 0.3) is 0 Å². The van der Waals surface area contributed by atoms with Crippen molar-refractivity contribution in [2.24, 2.45) is 5.84 Å². The fraction of sp³-hybridized carbons (Fsp3) is 0.222. The molecule has 4 heteroatoms. The van der Waals surface area contributed by atoms with E-state index >= 15 is 0 Å². The first kappa shape index (κ1) is 10.1. The van der Waals surface area contributed by atoms with Crippen LogP contribution in [0.1, 0.15) is 11.5 Å². The Labute approximate surface area is 82.7 Å². The molecule has 0 saturated carbocycles. The van der Waals surface area contributed by atoms with Gasteiger partial charge in [-0.05, 0) is 5.56 Å². The predicted octanol–water partition coefficient (Wildman–Crippen LogP) is 0.690. The van der Waals surface area contributed by atoms with E-state index in [1.165, 1.54) is 0 Å². The fourth-order valence-corrected chi connectivity index (χ4v) is 1.50. The van der Waals surface area contributed by atoms with Crippen molar-refractivity contribution in [3.8, 4) is 0 Å². The molecule has 0 aliphatic rings. The maximum Gasteiger partial charge on any atom is 0.242 e. The van der Waals surface area contributed by atoms with E-state index in [1.54, 1.807) is 0 Å². The second-order valence-corrected chi connectivity index (χ2v) is 3.02. The van der Waals surface area contributed by atoms with E-state index in [0.29, 0.717) is 5.75 Å². The number of carbonyl (C=O) groups excluding carboxylic acids is 1. The number of nitrogens with one attached hydrogen (secondary N) is 1. The molecule has 3 N–H and O–H groups in total. The molecule has 0 bridgehead atoms. The number of carbonyl (C=O) groups is 1. The Morgan fingerprint density at radius 1 is 1.46 bits per heavy atom. The third kappa shape index (κ3) is 2.47. The van der Waals surface area contributed by atoms with Gasteiger partial charge in [-0.3, -0.25) is 10.2 Å². The SMILES string of the molecule is NNC(=O)C(CS)c1ccccc1. The molecule has 0 aliphatic carbocycles. The summed E-state index contributed by atoms with van der Waals surface area (Å²) in [6.07, 6.45) is 0. The summed E-state index contributed by atoms with van der Waals surface area (Å²) < 4.78 is 0. The topological polar surface area (TPSA) is 55.1 Å². The van der Waals surface area contributed by atoms with E-state index in [-0.39, 0.29) is 11.8 Å². The summed E-state index contributed by atoms with van der Waals surface area (Å²) in [5.74, 6) is 5.03. The lowest BCUT2D eigenvalue weighted by Gasteiger charge is -2.12.